The summed E-state index contributed by atoms with van der Waals surface area (Å²) in [5.74, 6) is -0.257. The van der Waals surface area contributed by atoms with Gasteiger partial charge < -0.3 is 5.32 Å². The first-order chi connectivity index (χ1) is 9.08. The Hall–Kier alpha value is -1.95. The van der Waals surface area contributed by atoms with E-state index in [9.17, 15) is 9.18 Å². The third kappa shape index (κ3) is 3.29. The zero-order valence-corrected chi connectivity index (χ0v) is 10.9. The van der Waals surface area contributed by atoms with Crippen LogP contribution in [0.5, 0.6) is 0 Å². The SMILES string of the molecule is CC(C)[n+]1[nH]oc(=O)c1CNCc1ccc(F)cc1. The molecule has 6 heteroatoms. The number of aromatic amines is 1. The van der Waals surface area contributed by atoms with Gasteiger partial charge in [0.1, 0.15) is 5.82 Å². The smallest absolute Gasteiger partial charge is 0.303 e. The summed E-state index contributed by atoms with van der Waals surface area (Å²) < 4.78 is 19.2. The molecule has 2 N–H and O–H groups in total. The van der Waals surface area contributed by atoms with Crippen molar-refractivity contribution in [2.75, 3.05) is 0 Å². The van der Waals surface area contributed by atoms with E-state index in [1.54, 1.807) is 16.8 Å². The molecular weight excluding hydrogens is 249 g/mol. The summed E-state index contributed by atoms with van der Waals surface area (Å²) in [5.41, 5.74) is 1.12. The molecular formula is C13H17FN3O2+. The molecule has 102 valence electrons. The first-order valence-electron chi connectivity index (χ1n) is 6.15. The predicted octanol–water partition coefficient (Wildman–Crippen LogP) is 1.27. The first-order valence-corrected chi connectivity index (χ1v) is 6.15. The minimum absolute atomic E-state index is 0.120. The Morgan fingerprint density at radius 2 is 2.00 bits per heavy atom. The van der Waals surface area contributed by atoms with E-state index in [2.05, 4.69) is 10.6 Å². The fourth-order valence-electron chi connectivity index (χ4n) is 1.80. The quantitative estimate of drug-likeness (QED) is 0.801. The van der Waals surface area contributed by atoms with Gasteiger partial charge in [0.25, 0.3) is 0 Å². The summed E-state index contributed by atoms with van der Waals surface area (Å²) in [6.45, 7) is 4.86. The minimum atomic E-state index is -0.375. The highest BCUT2D eigenvalue weighted by molar-refractivity contribution is 5.15. The molecule has 5 nitrogen and oxygen atoms in total. The van der Waals surface area contributed by atoms with Crippen LogP contribution in [-0.4, -0.2) is 5.27 Å². The van der Waals surface area contributed by atoms with Crippen LogP contribution in [0.1, 0.15) is 31.1 Å². The summed E-state index contributed by atoms with van der Waals surface area (Å²) in [4.78, 5) is 11.5. The Labute approximate surface area is 110 Å². The number of hydrogen-bond donors (Lipinski definition) is 2. The van der Waals surface area contributed by atoms with E-state index < -0.39 is 0 Å². The second-order valence-corrected chi connectivity index (χ2v) is 4.62. The average molecular weight is 266 g/mol. The molecule has 1 aromatic heterocycles. The van der Waals surface area contributed by atoms with Gasteiger partial charge in [0.05, 0.1) is 6.54 Å². The van der Waals surface area contributed by atoms with Crippen molar-refractivity contribution in [3.05, 3.63) is 51.8 Å². The van der Waals surface area contributed by atoms with Crippen LogP contribution in [0.3, 0.4) is 0 Å². The maximum atomic E-state index is 12.7. The van der Waals surface area contributed by atoms with Crippen molar-refractivity contribution in [3.63, 3.8) is 0 Å². The Morgan fingerprint density at radius 1 is 1.32 bits per heavy atom. The molecule has 0 aliphatic rings. The fourth-order valence-corrected chi connectivity index (χ4v) is 1.80. The van der Waals surface area contributed by atoms with Crippen LogP contribution in [0.2, 0.25) is 0 Å². The second kappa shape index (κ2) is 5.79. The highest BCUT2D eigenvalue weighted by Crippen LogP contribution is 2.02. The molecule has 1 heterocycles. The average Bonchev–Trinajstić information content (AvgIpc) is 2.74. The molecule has 0 aliphatic heterocycles. The second-order valence-electron chi connectivity index (χ2n) is 4.62. The number of hydrogen-bond acceptors (Lipinski definition) is 3. The van der Waals surface area contributed by atoms with Gasteiger partial charge in [-0.1, -0.05) is 16.8 Å². The van der Waals surface area contributed by atoms with Crippen LogP contribution in [-0.2, 0) is 13.1 Å². The molecule has 0 bridgehead atoms. The summed E-state index contributed by atoms with van der Waals surface area (Å²) >= 11 is 0. The molecule has 0 atom stereocenters. The number of halogens is 1. The van der Waals surface area contributed by atoms with Gasteiger partial charge >= 0.3 is 11.3 Å². The molecule has 0 fully saturated rings. The highest BCUT2D eigenvalue weighted by Gasteiger charge is 2.22. The van der Waals surface area contributed by atoms with Gasteiger partial charge in [-0.2, -0.15) is 0 Å². The molecule has 0 aliphatic carbocycles. The Morgan fingerprint density at radius 3 is 2.63 bits per heavy atom. The lowest BCUT2D eigenvalue weighted by molar-refractivity contribution is -0.785. The number of nitrogens with zero attached hydrogens (tertiary/aromatic N) is 1. The standard InChI is InChI=1S/C13H16FN3O2/c1-9(2)17-12(13(18)19-16-17)8-15-7-10-3-5-11(14)6-4-10/h3-6,9,15H,7-8H2,1-2H3/p+1. The summed E-state index contributed by atoms with van der Waals surface area (Å²) in [5, 5.41) is 5.71. The van der Waals surface area contributed by atoms with Crippen molar-refractivity contribution >= 4 is 0 Å². The van der Waals surface area contributed by atoms with Crippen LogP contribution in [0.15, 0.2) is 33.6 Å². The van der Waals surface area contributed by atoms with Gasteiger partial charge in [-0.05, 0) is 36.8 Å². The van der Waals surface area contributed by atoms with Crippen LogP contribution in [0, 0.1) is 5.82 Å². The Kier molecular flexibility index (Phi) is 4.11. The van der Waals surface area contributed by atoms with Crippen LogP contribution >= 0.6 is 0 Å². The van der Waals surface area contributed by atoms with Gasteiger partial charge in [-0.25, -0.2) is 9.18 Å². The van der Waals surface area contributed by atoms with Crippen molar-refractivity contribution < 1.29 is 13.6 Å². The summed E-state index contributed by atoms with van der Waals surface area (Å²) in [7, 11) is 0. The van der Waals surface area contributed by atoms with Gasteiger partial charge in [0.2, 0.25) is 0 Å². The van der Waals surface area contributed by atoms with Gasteiger partial charge in [-0.3, -0.25) is 4.52 Å². The van der Waals surface area contributed by atoms with E-state index in [-0.39, 0.29) is 17.5 Å². The zero-order chi connectivity index (χ0) is 13.8. The summed E-state index contributed by atoms with van der Waals surface area (Å²) in [6, 6.07) is 6.36. The Balaban J connectivity index is 1.98. The molecule has 0 unspecified atom stereocenters. The maximum Gasteiger partial charge on any atom is 0.431 e. The number of benzene rings is 1. The van der Waals surface area contributed by atoms with Crippen molar-refractivity contribution in [3.8, 4) is 0 Å². The van der Waals surface area contributed by atoms with E-state index in [1.807, 2.05) is 13.8 Å². The highest BCUT2D eigenvalue weighted by atomic mass is 19.1. The van der Waals surface area contributed by atoms with Gasteiger partial charge in [0.15, 0.2) is 6.04 Å². The lowest BCUT2D eigenvalue weighted by Crippen LogP contribution is -2.44. The van der Waals surface area contributed by atoms with E-state index in [4.69, 9.17) is 4.52 Å². The molecule has 2 aromatic rings. The topological polar surface area (TPSA) is 61.9 Å². The van der Waals surface area contributed by atoms with Gasteiger partial charge in [0, 0.05) is 6.54 Å². The zero-order valence-electron chi connectivity index (χ0n) is 10.9. The number of aromatic nitrogens is 2. The molecule has 0 spiro atoms. The van der Waals surface area contributed by atoms with E-state index in [0.29, 0.717) is 18.8 Å². The number of rotatable bonds is 5. The van der Waals surface area contributed by atoms with Crippen LogP contribution < -0.4 is 15.6 Å². The maximum absolute atomic E-state index is 12.7. The number of H-pyrrole nitrogens is 1. The molecule has 0 saturated carbocycles. The van der Waals surface area contributed by atoms with E-state index in [0.717, 1.165) is 5.56 Å². The van der Waals surface area contributed by atoms with E-state index in [1.165, 1.54) is 12.1 Å². The molecule has 1 aromatic carbocycles. The molecule has 0 saturated heterocycles. The lowest BCUT2D eigenvalue weighted by Gasteiger charge is -2.02. The van der Waals surface area contributed by atoms with Crippen LogP contribution in [0.4, 0.5) is 4.39 Å². The third-order valence-electron chi connectivity index (χ3n) is 2.81. The largest absolute Gasteiger partial charge is 0.431 e. The Bertz CT molecular complexity index is 587. The fraction of sp³-hybridized carbons (Fsp3) is 0.385. The van der Waals surface area contributed by atoms with Crippen molar-refractivity contribution in [2.45, 2.75) is 33.0 Å². The number of nitrogens with one attached hydrogen (secondary N) is 2. The molecule has 0 amide bonds. The third-order valence-corrected chi connectivity index (χ3v) is 2.81. The molecule has 0 radical (unpaired) electrons. The molecule has 2 rings (SSSR count). The van der Waals surface area contributed by atoms with E-state index >= 15 is 0 Å². The van der Waals surface area contributed by atoms with Crippen molar-refractivity contribution in [1.29, 1.82) is 0 Å². The minimum Gasteiger partial charge on any atom is -0.303 e. The van der Waals surface area contributed by atoms with Crippen molar-refractivity contribution in [1.82, 2.24) is 10.6 Å². The monoisotopic (exact) mass is 266 g/mol. The van der Waals surface area contributed by atoms with Crippen LogP contribution in [0.25, 0.3) is 0 Å². The first kappa shape index (κ1) is 13.5. The predicted molar refractivity (Wildman–Crippen MR) is 66.9 cm³/mol. The lowest BCUT2D eigenvalue weighted by atomic mass is 10.2. The summed E-state index contributed by atoms with van der Waals surface area (Å²) in [6.07, 6.45) is 0. The normalized spacial score (nSPS) is 11.2. The van der Waals surface area contributed by atoms with Crippen molar-refractivity contribution in [2.24, 2.45) is 0 Å². The molecule has 19 heavy (non-hydrogen) atoms. The van der Waals surface area contributed by atoms with Gasteiger partial charge in [-0.15, -0.1) is 0 Å².